The molecule has 0 aliphatic carbocycles. The molecule has 0 heterocycles. The van der Waals surface area contributed by atoms with E-state index in [0.717, 1.165) is 30.4 Å². The van der Waals surface area contributed by atoms with Crippen LogP contribution >= 0.6 is 0 Å². The molecular formula is C18H26N2O2S. The molecule has 0 amide bonds. The van der Waals surface area contributed by atoms with Gasteiger partial charge in [0.15, 0.2) is 0 Å². The van der Waals surface area contributed by atoms with E-state index < -0.39 is 10.0 Å². The Labute approximate surface area is 139 Å². The highest BCUT2D eigenvalue weighted by molar-refractivity contribution is 7.89. The number of likely N-dealkylation sites (N-methyl/N-ethyl adjacent to an activating group) is 2. The molecule has 0 saturated carbocycles. The number of hydrogen-bond donors (Lipinski definition) is 0. The molecule has 0 atom stereocenters. The van der Waals surface area contributed by atoms with E-state index in [0.29, 0.717) is 18.0 Å². The molecule has 0 unspecified atom stereocenters. The van der Waals surface area contributed by atoms with Crippen LogP contribution in [-0.4, -0.2) is 50.3 Å². The molecule has 0 aliphatic rings. The van der Waals surface area contributed by atoms with Crippen LogP contribution in [0, 0.1) is 0 Å². The molecule has 0 fully saturated rings. The van der Waals surface area contributed by atoms with Gasteiger partial charge >= 0.3 is 0 Å². The van der Waals surface area contributed by atoms with Crippen molar-refractivity contribution in [3.05, 3.63) is 42.5 Å². The minimum atomic E-state index is -3.45. The third-order valence-electron chi connectivity index (χ3n) is 4.27. The molecule has 4 nitrogen and oxygen atoms in total. The van der Waals surface area contributed by atoms with E-state index in [4.69, 9.17) is 0 Å². The van der Waals surface area contributed by atoms with Crippen molar-refractivity contribution in [1.82, 2.24) is 9.21 Å². The largest absolute Gasteiger partial charge is 0.303 e. The summed E-state index contributed by atoms with van der Waals surface area (Å²) >= 11 is 0. The third kappa shape index (κ3) is 4.10. The SMILES string of the molecule is CCN(CC)CCN(CC)S(=O)(=O)c1ccc2ccccc2c1. The summed E-state index contributed by atoms with van der Waals surface area (Å²) in [5.41, 5.74) is 0. The molecule has 0 N–H and O–H groups in total. The zero-order chi connectivity index (χ0) is 16.9. The molecule has 5 heteroatoms. The predicted molar refractivity (Wildman–Crippen MR) is 96.2 cm³/mol. The predicted octanol–water partition coefficient (Wildman–Crippen LogP) is 3.19. The lowest BCUT2D eigenvalue weighted by molar-refractivity contribution is 0.274. The van der Waals surface area contributed by atoms with Gasteiger partial charge in [-0.3, -0.25) is 0 Å². The molecule has 2 aromatic rings. The average molecular weight is 334 g/mol. The van der Waals surface area contributed by atoms with Crippen LogP contribution in [0.2, 0.25) is 0 Å². The van der Waals surface area contributed by atoms with E-state index in [-0.39, 0.29) is 0 Å². The Morgan fingerprint density at radius 2 is 1.48 bits per heavy atom. The fourth-order valence-corrected chi connectivity index (χ4v) is 4.19. The highest BCUT2D eigenvalue weighted by Crippen LogP contribution is 2.21. The monoisotopic (exact) mass is 334 g/mol. The smallest absolute Gasteiger partial charge is 0.243 e. The summed E-state index contributed by atoms with van der Waals surface area (Å²) in [5.74, 6) is 0. The first-order chi connectivity index (χ1) is 11.0. The van der Waals surface area contributed by atoms with E-state index in [2.05, 4.69) is 18.7 Å². The Morgan fingerprint density at radius 3 is 2.09 bits per heavy atom. The average Bonchev–Trinajstić information content (AvgIpc) is 2.58. The molecule has 2 aromatic carbocycles. The Morgan fingerprint density at radius 1 is 0.826 bits per heavy atom. The fourth-order valence-electron chi connectivity index (χ4n) is 2.72. The Balaban J connectivity index is 2.25. The van der Waals surface area contributed by atoms with Crippen LogP contribution in [0.15, 0.2) is 47.4 Å². The van der Waals surface area contributed by atoms with Crippen LogP contribution in [0.1, 0.15) is 20.8 Å². The van der Waals surface area contributed by atoms with Gasteiger partial charge in [0.25, 0.3) is 0 Å². The molecule has 0 bridgehead atoms. The summed E-state index contributed by atoms with van der Waals surface area (Å²) in [6.45, 7) is 9.71. The van der Waals surface area contributed by atoms with Gasteiger partial charge < -0.3 is 4.90 Å². The first-order valence-electron chi connectivity index (χ1n) is 8.24. The standard InChI is InChI=1S/C18H26N2O2S/c1-4-19(5-2)13-14-20(6-3)23(21,22)18-12-11-16-9-7-8-10-17(16)15-18/h7-12,15H,4-6,13-14H2,1-3H3. The van der Waals surface area contributed by atoms with E-state index in [1.165, 1.54) is 0 Å². The van der Waals surface area contributed by atoms with Gasteiger partial charge in [-0.25, -0.2) is 8.42 Å². The van der Waals surface area contributed by atoms with Crippen LogP contribution in [0.3, 0.4) is 0 Å². The second kappa shape index (κ2) is 7.90. The first-order valence-corrected chi connectivity index (χ1v) is 9.68. The summed E-state index contributed by atoms with van der Waals surface area (Å²) < 4.78 is 27.4. The quantitative estimate of drug-likeness (QED) is 0.744. The van der Waals surface area contributed by atoms with Crippen molar-refractivity contribution < 1.29 is 8.42 Å². The van der Waals surface area contributed by atoms with Crippen molar-refractivity contribution in [3.63, 3.8) is 0 Å². The molecule has 0 spiro atoms. The summed E-state index contributed by atoms with van der Waals surface area (Å²) in [7, 11) is -3.45. The number of hydrogen-bond acceptors (Lipinski definition) is 3. The van der Waals surface area contributed by atoms with Crippen LogP contribution in [0.4, 0.5) is 0 Å². The van der Waals surface area contributed by atoms with Crippen molar-refractivity contribution in [2.75, 3.05) is 32.7 Å². The molecule has 23 heavy (non-hydrogen) atoms. The molecule has 0 aliphatic heterocycles. The van der Waals surface area contributed by atoms with Gasteiger partial charge in [0.05, 0.1) is 4.90 Å². The number of benzene rings is 2. The lowest BCUT2D eigenvalue weighted by Crippen LogP contribution is -2.38. The van der Waals surface area contributed by atoms with E-state index in [1.54, 1.807) is 16.4 Å². The maximum absolute atomic E-state index is 12.9. The van der Waals surface area contributed by atoms with Crippen LogP contribution in [-0.2, 0) is 10.0 Å². The van der Waals surface area contributed by atoms with E-state index >= 15 is 0 Å². The second-order valence-corrected chi connectivity index (χ2v) is 7.47. The Bertz CT molecular complexity index is 740. The van der Waals surface area contributed by atoms with Gasteiger partial charge in [0.2, 0.25) is 10.0 Å². The molecule has 126 valence electrons. The van der Waals surface area contributed by atoms with Gasteiger partial charge in [-0.15, -0.1) is 0 Å². The third-order valence-corrected chi connectivity index (χ3v) is 6.24. The van der Waals surface area contributed by atoms with Gasteiger partial charge in [0.1, 0.15) is 0 Å². The molecule has 0 saturated heterocycles. The normalized spacial score (nSPS) is 12.4. The zero-order valence-electron chi connectivity index (χ0n) is 14.2. The summed E-state index contributed by atoms with van der Waals surface area (Å²) in [5, 5.41) is 2.01. The number of nitrogens with zero attached hydrogens (tertiary/aromatic N) is 2. The highest BCUT2D eigenvalue weighted by Gasteiger charge is 2.23. The summed E-state index contributed by atoms with van der Waals surface area (Å²) in [4.78, 5) is 2.61. The van der Waals surface area contributed by atoms with Gasteiger partial charge in [-0.05, 0) is 36.0 Å². The Hall–Kier alpha value is -1.43. The second-order valence-electron chi connectivity index (χ2n) is 5.53. The maximum atomic E-state index is 12.9. The van der Waals surface area contributed by atoms with Crippen molar-refractivity contribution in [3.8, 4) is 0 Å². The van der Waals surface area contributed by atoms with Crippen LogP contribution in [0.5, 0.6) is 0 Å². The van der Waals surface area contributed by atoms with Gasteiger partial charge in [0, 0.05) is 19.6 Å². The van der Waals surface area contributed by atoms with Crippen molar-refractivity contribution in [1.29, 1.82) is 0 Å². The van der Waals surface area contributed by atoms with Gasteiger partial charge in [-0.1, -0.05) is 51.1 Å². The van der Waals surface area contributed by atoms with Crippen LogP contribution < -0.4 is 0 Å². The van der Waals surface area contributed by atoms with Crippen molar-refractivity contribution >= 4 is 20.8 Å². The van der Waals surface area contributed by atoms with Gasteiger partial charge in [-0.2, -0.15) is 4.31 Å². The molecule has 0 aromatic heterocycles. The number of rotatable bonds is 8. The lowest BCUT2D eigenvalue weighted by atomic mass is 10.1. The van der Waals surface area contributed by atoms with Crippen molar-refractivity contribution in [2.45, 2.75) is 25.7 Å². The topological polar surface area (TPSA) is 40.6 Å². The Kier molecular flexibility index (Phi) is 6.16. The lowest BCUT2D eigenvalue weighted by Gasteiger charge is -2.25. The number of fused-ring (bicyclic) bond motifs is 1. The van der Waals surface area contributed by atoms with E-state index in [9.17, 15) is 8.42 Å². The van der Waals surface area contributed by atoms with E-state index in [1.807, 2.05) is 37.3 Å². The minimum Gasteiger partial charge on any atom is -0.303 e. The number of sulfonamides is 1. The molecule has 2 rings (SSSR count). The zero-order valence-corrected chi connectivity index (χ0v) is 15.0. The van der Waals surface area contributed by atoms with Crippen molar-refractivity contribution in [2.24, 2.45) is 0 Å². The van der Waals surface area contributed by atoms with Crippen LogP contribution in [0.25, 0.3) is 10.8 Å². The maximum Gasteiger partial charge on any atom is 0.243 e. The first kappa shape index (κ1) is 17.9. The molecular weight excluding hydrogens is 308 g/mol. The summed E-state index contributed by atoms with van der Waals surface area (Å²) in [6.07, 6.45) is 0. The summed E-state index contributed by atoms with van der Waals surface area (Å²) in [6, 6.07) is 13.2. The molecule has 0 radical (unpaired) electrons. The minimum absolute atomic E-state index is 0.373. The fraction of sp³-hybridized carbons (Fsp3) is 0.444. The highest BCUT2D eigenvalue weighted by atomic mass is 32.2.